The lowest BCUT2D eigenvalue weighted by atomic mass is 10.1. The summed E-state index contributed by atoms with van der Waals surface area (Å²) in [6, 6.07) is 14.1. The molecule has 0 saturated heterocycles. The smallest absolute Gasteiger partial charge is 0.255 e. The molecule has 0 atom stereocenters. The van der Waals surface area contributed by atoms with Gasteiger partial charge >= 0.3 is 0 Å². The van der Waals surface area contributed by atoms with E-state index in [9.17, 15) is 4.79 Å². The zero-order valence-electron chi connectivity index (χ0n) is 15.8. The molecule has 0 N–H and O–H groups in total. The summed E-state index contributed by atoms with van der Waals surface area (Å²) < 4.78 is 1.71. The van der Waals surface area contributed by atoms with Crippen LogP contribution in [0.25, 0.3) is 5.82 Å². The zero-order valence-corrected chi connectivity index (χ0v) is 15.8. The Labute approximate surface area is 159 Å². The van der Waals surface area contributed by atoms with Gasteiger partial charge in [-0.1, -0.05) is 44.2 Å². The van der Waals surface area contributed by atoms with Crippen LogP contribution in [0.15, 0.2) is 61.3 Å². The van der Waals surface area contributed by atoms with Crippen molar-refractivity contribution in [2.75, 3.05) is 6.54 Å². The van der Waals surface area contributed by atoms with Crippen molar-refractivity contribution < 1.29 is 4.79 Å². The number of carbonyl (C=O) groups excluding carboxylic acids is 1. The minimum atomic E-state index is 0.0300. The zero-order chi connectivity index (χ0) is 19.1. The van der Waals surface area contributed by atoms with E-state index in [-0.39, 0.29) is 11.9 Å². The molecule has 1 amide bonds. The Kier molecular flexibility index (Phi) is 6.30. The molecule has 0 aliphatic rings. The van der Waals surface area contributed by atoms with Gasteiger partial charge in [0.15, 0.2) is 0 Å². The number of benzene rings is 1. The molecule has 3 rings (SSSR count). The third kappa shape index (κ3) is 4.58. The van der Waals surface area contributed by atoms with E-state index >= 15 is 0 Å². The van der Waals surface area contributed by atoms with Crippen molar-refractivity contribution in [1.29, 1.82) is 0 Å². The highest BCUT2D eigenvalue weighted by Crippen LogP contribution is 2.16. The topological polar surface area (TPSA) is 63.9 Å². The standard InChI is InChI=1S/C21H25N5O/c1-3-19(4-2)26(13-12-17-8-6-5-7-9-17)21(27)18-10-11-20(22-14-18)25-15-23-24-16-25/h5-11,14-16,19H,3-4,12-13H2,1-2H3. The molecule has 0 unspecified atom stereocenters. The number of hydrogen-bond donors (Lipinski definition) is 0. The van der Waals surface area contributed by atoms with E-state index in [0.29, 0.717) is 17.9 Å². The number of pyridine rings is 1. The summed E-state index contributed by atoms with van der Waals surface area (Å²) in [6.07, 6.45) is 7.51. The van der Waals surface area contributed by atoms with E-state index < -0.39 is 0 Å². The van der Waals surface area contributed by atoms with Gasteiger partial charge < -0.3 is 4.90 Å². The van der Waals surface area contributed by atoms with Gasteiger partial charge in [0.2, 0.25) is 0 Å². The van der Waals surface area contributed by atoms with Crippen LogP contribution in [0, 0.1) is 0 Å². The Morgan fingerprint density at radius 3 is 2.33 bits per heavy atom. The molecule has 0 fully saturated rings. The Morgan fingerprint density at radius 1 is 1.04 bits per heavy atom. The third-order valence-electron chi connectivity index (χ3n) is 4.81. The second-order valence-electron chi connectivity index (χ2n) is 6.48. The van der Waals surface area contributed by atoms with Gasteiger partial charge in [0.1, 0.15) is 18.5 Å². The van der Waals surface area contributed by atoms with Crippen molar-refractivity contribution in [3.8, 4) is 5.82 Å². The molecule has 0 radical (unpaired) electrons. The summed E-state index contributed by atoms with van der Waals surface area (Å²) >= 11 is 0. The maximum atomic E-state index is 13.2. The highest BCUT2D eigenvalue weighted by molar-refractivity contribution is 5.94. The predicted molar refractivity (Wildman–Crippen MR) is 105 cm³/mol. The van der Waals surface area contributed by atoms with Crippen LogP contribution in [0.2, 0.25) is 0 Å². The molecule has 0 saturated carbocycles. The van der Waals surface area contributed by atoms with Crippen LogP contribution in [0.5, 0.6) is 0 Å². The van der Waals surface area contributed by atoms with Gasteiger partial charge in [0.25, 0.3) is 5.91 Å². The van der Waals surface area contributed by atoms with E-state index in [1.165, 1.54) is 5.56 Å². The first kappa shape index (κ1) is 18.8. The highest BCUT2D eigenvalue weighted by atomic mass is 16.2. The first-order valence-electron chi connectivity index (χ1n) is 9.38. The van der Waals surface area contributed by atoms with E-state index in [2.05, 4.69) is 41.2 Å². The molecule has 2 aromatic heterocycles. The summed E-state index contributed by atoms with van der Waals surface area (Å²) in [4.78, 5) is 19.6. The van der Waals surface area contributed by atoms with Crippen LogP contribution < -0.4 is 0 Å². The second-order valence-corrected chi connectivity index (χ2v) is 6.48. The summed E-state index contributed by atoms with van der Waals surface area (Å²) in [5, 5.41) is 7.56. The fourth-order valence-electron chi connectivity index (χ4n) is 3.22. The van der Waals surface area contributed by atoms with E-state index in [1.54, 1.807) is 23.4 Å². The largest absolute Gasteiger partial charge is 0.335 e. The molecule has 0 aliphatic heterocycles. The fourth-order valence-corrected chi connectivity index (χ4v) is 3.22. The van der Waals surface area contributed by atoms with Crippen LogP contribution in [-0.4, -0.2) is 43.1 Å². The quantitative estimate of drug-likeness (QED) is 0.614. The summed E-state index contributed by atoms with van der Waals surface area (Å²) in [7, 11) is 0. The van der Waals surface area contributed by atoms with Crippen LogP contribution in [0.3, 0.4) is 0 Å². The minimum Gasteiger partial charge on any atom is -0.335 e. The molecule has 2 heterocycles. The van der Waals surface area contributed by atoms with Gasteiger partial charge in [-0.15, -0.1) is 10.2 Å². The average molecular weight is 363 g/mol. The Morgan fingerprint density at radius 2 is 1.74 bits per heavy atom. The van der Waals surface area contributed by atoms with Crippen molar-refractivity contribution in [1.82, 2.24) is 24.6 Å². The first-order valence-corrected chi connectivity index (χ1v) is 9.38. The van der Waals surface area contributed by atoms with E-state index in [1.807, 2.05) is 35.2 Å². The normalized spacial score (nSPS) is 10.9. The molecule has 140 valence electrons. The summed E-state index contributed by atoms with van der Waals surface area (Å²) in [5.41, 5.74) is 1.84. The van der Waals surface area contributed by atoms with Gasteiger partial charge in [-0.25, -0.2) is 4.98 Å². The predicted octanol–water partition coefficient (Wildman–Crippen LogP) is 3.54. The number of aromatic nitrogens is 4. The number of nitrogens with zero attached hydrogens (tertiary/aromatic N) is 5. The molecule has 0 bridgehead atoms. The molecule has 1 aromatic carbocycles. The average Bonchev–Trinajstić information content (AvgIpc) is 3.26. The third-order valence-corrected chi connectivity index (χ3v) is 4.81. The van der Waals surface area contributed by atoms with Crippen molar-refractivity contribution in [2.24, 2.45) is 0 Å². The van der Waals surface area contributed by atoms with Gasteiger partial charge in [-0.3, -0.25) is 9.36 Å². The lowest BCUT2D eigenvalue weighted by Gasteiger charge is -2.31. The number of amides is 1. The van der Waals surface area contributed by atoms with Crippen molar-refractivity contribution in [3.63, 3.8) is 0 Å². The first-order chi connectivity index (χ1) is 13.2. The van der Waals surface area contributed by atoms with E-state index in [4.69, 9.17) is 0 Å². The Hall–Kier alpha value is -3.02. The summed E-state index contributed by atoms with van der Waals surface area (Å²) in [6.45, 7) is 4.96. The number of carbonyl (C=O) groups is 1. The molecule has 6 heteroatoms. The Balaban J connectivity index is 1.77. The number of hydrogen-bond acceptors (Lipinski definition) is 4. The molecular weight excluding hydrogens is 338 g/mol. The van der Waals surface area contributed by atoms with Crippen molar-refractivity contribution in [2.45, 2.75) is 39.2 Å². The molecule has 6 nitrogen and oxygen atoms in total. The van der Waals surface area contributed by atoms with Gasteiger partial charge in [0, 0.05) is 18.8 Å². The Bertz CT molecular complexity index is 827. The van der Waals surface area contributed by atoms with Crippen LogP contribution in [0.1, 0.15) is 42.6 Å². The molecule has 27 heavy (non-hydrogen) atoms. The van der Waals surface area contributed by atoms with Gasteiger partial charge in [-0.05, 0) is 37.0 Å². The van der Waals surface area contributed by atoms with Crippen LogP contribution in [0.4, 0.5) is 0 Å². The van der Waals surface area contributed by atoms with Crippen molar-refractivity contribution >= 4 is 5.91 Å². The maximum Gasteiger partial charge on any atom is 0.255 e. The summed E-state index contributed by atoms with van der Waals surface area (Å²) in [5.74, 6) is 0.720. The van der Waals surface area contributed by atoms with Crippen molar-refractivity contribution in [3.05, 3.63) is 72.4 Å². The molecular formula is C21H25N5O. The van der Waals surface area contributed by atoms with Crippen LogP contribution in [-0.2, 0) is 6.42 Å². The van der Waals surface area contributed by atoms with Gasteiger partial charge in [0.05, 0.1) is 5.56 Å². The maximum absolute atomic E-state index is 13.2. The van der Waals surface area contributed by atoms with E-state index in [0.717, 1.165) is 19.3 Å². The fraction of sp³-hybridized carbons (Fsp3) is 0.333. The SMILES string of the molecule is CCC(CC)N(CCc1ccccc1)C(=O)c1ccc(-n2cnnc2)nc1. The molecule has 3 aromatic rings. The molecule has 0 aliphatic carbocycles. The monoisotopic (exact) mass is 363 g/mol. The molecule has 0 spiro atoms. The second kappa shape index (κ2) is 9.07. The lowest BCUT2D eigenvalue weighted by molar-refractivity contribution is 0.0669. The highest BCUT2D eigenvalue weighted by Gasteiger charge is 2.22. The lowest BCUT2D eigenvalue weighted by Crippen LogP contribution is -2.41. The van der Waals surface area contributed by atoms with Crippen LogP contribution >= 0.6 is 0 Å². The number of rotatable bonds is 8. The minimum absolute atomic E-state index is 0.0300. The van der Waals surface area contributed by atoms with Gasteiger partial charge in [-0.2, -0.15) is 0 Å².